The lowest BCUT2D eigenvalue weighted by atomic mass is 10.0. The smallest absolute Gasteiger partial charge is 0.181 e. The monoisotopic (exact) mass is 251 g/mol. The summed E-state index contributed by atoms with van der Waals surface area (Å²) in [4.78, 5) is 0. The number of hydrogen-bond donors (Lipinski definition) is 4. The van der Waals surface area contributed by atoms with E-state index in [2.05, 4.69) is 0 Å². The van der Waals surface area contributed by atoms with Gasteiger partial charge in [0.05, 0.1) is 5.69 Å². The van der Waals surface area contributed by atoms with Gasteiger partial charge in [-0.2, -0.15) is 0 Å². The number of hydrogen-bond acceptors (Lipinski definition) is 4. The van der Waals surface area contributed by atoms with Crippen LogP contribution in [0.25, 0.3) is 11.1 Å². The fraction of sp³-hybridized carbons (Fsp3) is 0. The Morgan fingerprint density at radius 2 is 1.59 bits per heavy atom. The Morgan fingerprint density at radius 3 is 2.29 bits per heavy atom. The van der Waals surface area contributed by atoms with Crippen LogP contribution in [0, 0.1) is 0 Å². The summed E-state index contributed by atoms with van der Waals surface area (Å²) in [6.07, 6.45) is 0. The van der Waals surface area contributed by atoms with Crippen molar-refractivity contribution in [2.45, 2.75) is 0 Å². The maximum absolute atomic E-state index is 9.76. The number of halogens is 1. The Morgan fingerprint density at radius 1 is 0.882 bits per heavy atom. The molecule has 0 aliphatic heterocycles. The van der Waals surface area contributed by atoms with Gasteiger partial charge in [-0.1, -0.05) is 11.6 Å². The summed E-state index contributed by atoms with van der Waals surface area (Å²) in [5.41, 5.74) is 6.08. The fourth-order valence-electron chi connectivity index (χ4n) is 1.54. The lowest BCUT2D eigenvalue weighted by molar-refractivity contribution is 0.406. The third kappa shape index (κ3) is 1.94. The average molecular weight is 252 g/mol. The molecule has 0 saturated carbocycles. The summed E-state index contributed by atoms with van der Waals surface area (Å²) in [5, 5.41) is 29.4. The molecule has 4 nitrogen and oxygen atoms in total. The van der Waals surface area contributed by atoms with Crippen LogP contribution >= 0.6 is 11.6 Å². The van der Waals surface area contributed by atoms with Crippen molar-refractivity contribution >= 4 is 17.3 Å². The second kappa shape index (κ2) is 4.07. The van der Waals surface area contributed by atoms with Crippen molar-refractivity contribution in [3.05, 3.63) is 35.4 Å². The first-order chi connectivity index (χ1) is 8.00. The second-order valence-corrected chi connectivity index (χ2v) is 4.00. The quantitative estimate of drug-likeness (QED) is 0.464. The number of rotatable bonds is 1. The summed E-state index contributed by atoms with van der Waals surface area (Å²) in [6, 6.07) is 7.35. The third-order valence-electron chi connectivity index (χ3n) is 2.43. The number of phenolic OH excluding ortho intramolecular Hbond substituents is 3. The van der Waals surface area contributed by atoms with Crippen LogP contribution in [0.5, 0.6) is 17.2 Å². The van der Waals surface area contributed by atoms with Gasteiger partial charge in [0.15, 0.2) is 11.5 Å². The Kier molecular flexibility index (Phi) is 2.73. The summed E-state index contributed by atoms with van der Waals surface area (Å²) in [5.74, 6) is -0.849. The van der Waals surface area contributed by atoms with Crippen LogP contribution < -0.4 is 5.73 Å². The molecule has 0 bridgehead atoms. The number of anilines is 1. The largest absolute Gasteiger partial charge is 0.507 e. The molecule has 2 rings (SSSR count). The molecule has 0 atom stereocenters. The van der Waals surface area contributed by atoms with Crippen molar-refractivity contribution in [2.24, 2.45) is 0 Å². The van der Waals surface area contributed by atoms with Gasteiger partial charge in [0.2, 0.25) is 0 Å². The van der Waals surface area contributed by atoms with Crippen molar-refractivity contribution < 1.29 is 15.3 Å². The van der Waals surface area contributed by atoms with Crippen molar-refractivity contribution in [3.8, 4) is 28.4 Å². The van der Waals surface area contributed by atoms with Gasteiger partial charge in [0.25, 0.3) is 0 Å². The van der Waals surface area contributed by atoms with Gasteiger partial charge in [-0.05, 0) is 30.3 Å². The van der Waals surface area contributed by atoms with Crippen LogP contribution in [-0.2, 0) is 0 Å². The summed E-state index contributed by atoms with van der Waals surface area (Å²) < 4.78 is 0. The summed E-state index contributed by atoms with van der Waals surface area (Å²) in [7, 11) is 0. The Bertz CT molecular complexity index is 584. The molecule has 2 aromatic rings. The molecule has 0 aliphatic carbocycles. The first-order valence-electron chi connectivity index (χ1n) is 4.80. The van der Waals surface area contributed by atoms with Crippen LogP contribution in [-0.4, -0.2) is 15.3 Å². The Labute approximate surface area is 103 Å². The number of benzene rings is 2. The van der Waals surface area contributed by atoms with Gasteiger partial charge in [-0.3, -0.25) is 0 Å². The van der Waals surface area contributed by atoms with E-state index in [-0.39, 0.29) is 22.7 Å². The van der Waals surface area contributed by atoms with E-state index in [1.54, 1.807) is 0 Å². The van der Waals surface area contributed by atoms with Gasteiger partial charge in [0.1, 0.15) is 5.75 Å². The van der Waals surface area contributed by atoms with Crippen LogP contribution in [0.3, 0.4) is 0 Å². The van der Waals surface area contributed by atoms with E-state index in [1.165, 1.54) is 30.3 Å². The lowest BCUT2D eigenvalue weighted by Crippen LogP contribution is -1.88. The first-order valence-corrected chi connectivity index (χ1v) is 5.18. The molecule has 88 valence electrons. The SMILES string of the molecule is Nc1ccc(-c2cc(Cl)ccc2O)c(O)c1O. The highest BCUT2D eigenvalue weighted by atomic mass is 35.5. The topological polar surface area (TPSA) is 86.7 Å². The zero-order chi connectivity index (χ0) is 12.6. The van der Waals surface area contributed by atoms with Crippen molar-refractivity contribution in [1.82, 2.24) is 0 Å². The predicted molar refractivity (Wildman–Crippen MR) is 66.3 cm³/mol. The number of nitrogen functional groups attached to an aromatic ring is 1. The standard InChI is InChI=1S/C12H10ClNO3/c13-6-1-4-10(15)8(5-6)7-2-3-9(14)12(17)11(7)16/h1-5,15-17H,14H2. The zero-order valence-electron chi connectivity index (χ0n) is 8.68. The highest BCUT2D eigenvalue weighted by molar-refractivity contribution is 6.31. The fourth-order valence-corrected chi connectivity index (χ4v) is 1.71. The minimum atomic E-state index is -0.415. The molecule has 5 N–H and O–H groups in total. The highest BCUT2D eigenvalue weighted by Gasteiger charge is 2.14. The van der Waals surface area contributed by atoms with Crippen molar-refractivity contribution in [2.75, 3.05) is 5.73 Å². The number of aromatic hydroxyl groups is 3. The molecular formula is C12H10ClNO3. The molecule has 0 saturated heterocycles. The van der Waals surface area contributed by atoms with Crippen LogP contribution in [0.15, 0.2) is 30.3 Å². The molecule has 0 unspecified atom stereocenters. The van der Waals surface area contributed by atoms with Crippen LogP contribution in [0.2, 0.25) is 5.02 Å². The lowest BCUT2D eigenvalue weighted by Gasteiger charge is -2.10. The number of nitrogens with two attached hydrogens (primary N) is 1. The van der Waals surface area contributed by atoms with Crippen LogP contribution in [0.4, 0.5) is 5.69 Å². The van der Waals surface area contributed by atoms with E-state index < -0.39 is 5.75 Å². The van der Waals surface area contributed by atoms with E-state index in [9.17, 15) is 15.3 Å². The van der Waals surface area contributed by atoms with Crippen molar-refractivity contribution in [3.63, 3.8) is 0 Å². The zero-order valence-corrected chi connectivity index (χ0v) is 9.44. The normalized spacial score (nSPS) is 10.4. The minimum absolute atomic E-state index is 0.0473. The van der Waals surface area contributed by atoms with Crippen LogP contribution in [0.1, 0.15) is 0 Å². The molecule has 0 spiro atoms. The molecular weight excluding hydrogens is 242 g/mol. The van der Waals surface area contributed by atoms with Gasteiger partial charge in [-0.25, -0.2) is 0 Å². The van der Waals surface area contributed by atoms with Crippen molar-refractivity contribution in [1.29, 1.82) is 0 Å². The second-order valence-electron chi connectivity index (χ2n) is 3.56. The molecule has 0 radical (unpaired) electrons. The van der Waals surface area contributed by atoms with E-state index in [4.69, 9.17) is 17.3 Å². The Balaban J connectivity index is 2.69. The molecule has 0 fully saturated rings. The maximum Gasteiger partial charge on any atom is 0.181 e. The molecule has 0 aromatic heterocycles. The highest BCUT2D eigenvalue weighted by Crippen LogP contribution is 2.43. The van der Waals surface area contributed by atoms with E-state index in [1.807, 2.05) is 0 Å². The Hall–Kier alpha value is -2.07. The molecule has 5 heteroatoms. The molecule has 17 heavy (non-hydrogen) atoms. The molecule has 0 aliphatic rings. The predicted octanol–water partition coefficient (Wildman–Crippen LogP) is 2.71. The number of phenols is 3. The van der Waals surface area contributed by atoms with Gasteiger partial charge in [-0.15, -0.1) is 0 Å². The molecule has 0 heterocycles. The van der Waals surface area contributed by atoms with Gasteiger partial charge >= 0.3 is 0 Å². The average Bonchev–Trinajstić information content (AvgIpc) is 2.30. The van der Waals surface area contributed by atoms with Gasteiger partial charge in [0, 0.05) is 16.1 Å². The maximum atomic E-state index is 9.76. The van der Waals surface area contributed by atoms with E-state index >= 15 is 0 Å². The minimum Gasteiger partial charge on any atom is -0.507 e. The summed E-state index contributed by atoms with van der Waals surface area (Å²) >= 11 is 5.81. The first kappa shape index (κ1) is 11.4. The van der Waals surface area contributed by atoms with Gasteiger partial charge < -0.3 is 21.1 Å². The molecule has 0 amide bonds. The molecule has 2 aromatic carbocycles. The third-order valence-corrected chi connectivity index (χ3v) is 2.67. The summed E-state index contributed by atoms with van der Waals surface area (Å²) in [6.45, 7) is 0. The van der Waals surface area contributed by atoms with E-state index in [0.717, 1.165) is 0 Å². The van der Waals surface area contributed by atoms with E-state index in [0.29, 0.717) is 10.6 Å².